The van der Waals surface area contributed by atoms with Crippen molar-refractivity contribution in [2.24, 2.45) is 0 Å². The fraction of sp³-hybridized carbons (Fsp3) is 0.364. The minimum Gasteiger partial charge on any atom is -0.507 e. The van der Waals surface area contributed by atoms with E-state index in [1.54, 1.807) is 0 Å². The molecular weight excluding hydrogens is 164 g/mol. The van der Waals surface area contributed by atoms with Gasteiger partial charge in [0.2, 0.25) is 0 Å². The van der Waals surface area contributed by atoms with E-state index in [4.69, 9.17) is 4.79 Å². The van der Waals surface area contributed by atoms with Gasteiger partial charge in [-0.25, -0.2) is 0 Å². The summed E-state index contributed by atoms with van der Waals surface area (Å²) in [6.45, 7) is 9.91. The second kappa shape index (κ2) is 4.65. The van der Waals surface area contributed by atoms with Gasteiger partial charge in [-0.15, -0.1) is 0 Å². The first-order valence-corrected chi connectivity index (χ1v) is 4.09. The molecule has 0 unspecified atom stereocenters. The van der Waals surface area contributed by atoms with E-state index < -0.39 is 0 Å². The number of carbonyl (C=O) groups excluding carboxylic acids is 1. The Balaban J connectivity index is 0.000000671. The normalized spacial score (nSPS) is 8.92. The van der Waals surface area contributed by atoms with Crippen molar-refractivity contribution in [2.45, 2.75) is 27.7 Å². The molecule has 0 bridgehead atoms. The molecular formula is C11H16O2. The van der Waals surface area contributed by atoms with Gasteiger partial charge in [-0.05, 0) is 49.9 Å². The van der Waals surface area contributed by atoms with Crippen LogP contribution in [0.4, 0.5) is 0 Å². The van der Waals surface area contributed by atoms with Crippen LogP contribution in [0.3, 0.4) is 0 Å². The zero-order valence-electron chi connectivity index (χ0n) is 8.64. The Morgan fingerprint density at radius 2 is 1.31 bits per heavy atom. The number of phenolic OH excluding ortho intramolecular Hbond substituents is 1. The minimum absolute atomic E-state index is 0.447. The Morgan fingerprint density at radius 1 is 1.00 bits per heavy atom. The third kappa shape index (κ3) is 2.31. The molecule has 0 amide bonds. The average Bonchev–Trinajstić information content (AvgIpc) is 2.15. The van der Waals surface area contributed by atoms with E-state index in [9.17, 15) is 5.11 Å². The number of aromatic hydroxyl groups is 1. The number of benzene rings is 1. The standard InChI is InChI=1S/C10H14O.CH2O/c1-6-5-7(2)9(4)10(11)8(6)3;1-2/h5,11H,1-4H3;1H2. The highest BCUT2D eigenvalue weighted by molar-refractivity contribution is 5.47. The molecule has 0 saturated heterocycles. The molecule has 1 aromatic carbocycles. The fourth-order valence-electron chi connectivity index (χ4n) is 1.20. The van der Waals surface area contributed by atoms with Crippen LogP contribution < -0.4 is 0 Å². The van der Waals surface area contributed by atoms with Gasteiger partial charge in [0.25, 0.3) is 0 Å². The molecule has 0 aliphatic rings. The summed E-state index contributed by atoms with van der Waals surface area (Å²) < 4.78 is 0. The van der Waals surface area contributed by atoms with Gasteiger partial charge in [-0.1, -0.05) is 6.07 Å². The van der Waals surface area contributed by atoms with Crippen LogP contribution in [0.2, 0.25) is 0 Å². The lowest BCUT2D eigenvalue weighted by molar-refractivity contribution is -0.0979. The molecule has 0 saturated carbocycles. The van der Waals surface area contributed by atoms with E-state index in [2.05, 4.69) is 6.07 Å². The Kier molecular flexibility index (Phi) is 4.18. The van der Waals surface area contributed by atoms with Crippen molar-refractivity contribution in [2.75, 3.05) is 0 Å². The summed E-state index contributed by atoms with van der Waals surface area (Å²) in [4.78, 5) is 8.00. The minimum atomic E-state index is 0.447. The monoisotopic (exact) mass is 180 g/mol. The molecule has 0 aliphatic carbocycles. The van der Waals surface area contributed by atoms with Gasteiger partial charge in [0, 0.05) is 0 Å². The molecule has 0 aliphatic heterocycles. The van der Waals surface area contributed by atoms with E-state index in [1.807, 2.05) is 34.5 Å². The maximum absolute atomic E-state index is 9.57. The summed E-state index contributed by atoms with van der Waals surface area (Å²) in [7, 11) is 0. The number of carbonyl (C=O) groups is 1. The first kappa shape index (κ1) is 11.7. The molecule has 13 heavy (non-hydrogen) atoms. The van der Waals surface area contributed by atoms with Crippen molar-refractivity contribution in [3.05, 3.63) is 28.3 Å². The predicted octanol–water partition coefficient (Wildman–Crippen LogP) is 2.44. The zero-order chi connectivity index (χ0) is 10.6. The molecule has 0 aromatic heterocycles. The number of rotatable bonds is 0. The quantitative estimate of drug-likeness (QED) is 0.665. The molecule has 0 spiro atoms. The van der Waals surface area contributed by atoms with Crippen molar-refractivity contribution in [3.8, 4) is 5.75 Å². The SMILES string of the molecule is C=O.Cc1cc(C)c(C)c(O)c1C. The number of hydrogen-bond donors (Lipinski definition) is 1. The van der Waals surface area contributed by atoms with Crippen LogP contribution in [0.15, 0.2) is 6.07 Å². The van der Waals surface area contributed by atoms with E-state index in [-0.39, 0.29) is 0 Å². The van der Waals surface area contributed by atoms with Gasteiger partial charge in [0.05, 0.1) is 0 Å². The van der Waals surface area contributed by atoms with Crippen LogP contribution in [0.1, 0.15) is 22.3 Å². The van der Waals surface area contributed by atoms with Crippen LogP contribution in [0.25, 0.3) is 0 Å². The van der Waals surface area contributed by atoms with Crippen molar-refractivity contribution < 1.29 is 9.90 Å². The van der Waals surface area contributed by atoms with Crippen molar-refractivity contribution in [1.29, 1.82) is 0 Å². The summed E-state index contributed by atoms with van der Waals surface area (Å²) in [5.41, 5.74) is 4.30. The van der Waals surface area contributed by atoms with Gasteiger partial charge < -0.3 is 9.90 Å². The Bertz CT molecular complexity index is 277. The Morgan fingerprint density at radius 3 is 1.62 bits per heavy atom. The molecule has 72 valence electrons. The number of phenols is 1. The van der Waals surface area contributed by atoms with Crippen LogP contribution in [-0.4, -0.2) is 11.9 Å². The third-order valence-electron chi connectivity index (χ3n) is 2.33. The Hall–Kier alpha value is -1.31. The van der Waals surface area contributed by atoms with E-state index in [0.717, 1.165) is 22.3 Å². The van der Waals surface area contributed by atoms with Crippen LogP contribution in [0, 0.1) is 27.7 Å². The maximum atomic E-state index is 9.57. The maximum Gasteiger partial charge on any atom is 0.121 e. The fourth-order valence-corrected chi connectivity index (χ4v) is 1.20. The van der Waals surface area contributed by atoms with E-state index >= 15 is 0 Å². The van der Waals surface area contributed by atoms with Crippen molar-refractivity contribution in [1.82, 2.24) is 0 Å². The molecule has 1 N–H and O–H groups in total. The average molecular weight is 180 g/mol. The first-order valence-electron chi connectivity index (χ1n) is 4.09. The number of aryl methyl sites for hydroxylation is 2. The lowest BCUT2D eigenvalue weighted by Gasteiger charge is -2.08. The van der Waals surface area contributed by atoms with Gasteiger partial charge in [0.15, 0.2) is 0 Å². The predicted molar refractivity (Wildman–Crippen MR) is 54.2 cm³/mol. The van der Waals surface area contributed by atoms with Crippen molar-refractivity contribution in [3.63, 3.8) is 0 Å². The lowest BCUT2D eigenvalue weighted by Crippen LogP contribution is -1.88. The molecule has 1 aromatic rings. The van der Waals surface area contributed by atoms with Crippen LogP contribution in [-0.2, 0) is 4.79 Å². The Labute approximate surface area is 79.2 Å². The third-order valence-corrected chi connectivity index (χ3v) is 2.33. The molecule has 0 fully saturated rings. The summed E-state index contributed by atoms with van der Waals surface area (Å²) in [5, 5.41) is 9.57. The zero-order valence-corrected chi connectivity index (χ0v) is 8.64. The molecule has 2 nitrogen and oxygen atoms in total. The van der Waals surface area contributed by atoms with Gasteiger partial charge >= 0.3 is 0 Å². The molecule has 0 radical (unpaired) electrons. The van der Waals surface area contributed by atoms with Crippen LogP contribution >= 0.6 is 0 Å². The van der Waals surface area contributed by atoms with Gasteiger partial charge in [-0.3, -0.25) is 0 Å². The number of hydrogen-bond acceptors (Lipinski definition) is 2. The molecule has 0 atom stereocenters. The summed E-state index contributed by atoms with van der Waals surface area (Å²) >= 11 is 0. The highest BCUT2D eigenvalue weighted by Gasteiger charge is 2.05. The first-order chi connectivity index (χ1) is 6.04. The van der Waals surface area contributed by atoms with Crippen molar-refractivity contribution >= 4 is 6.79 Å². The molecule has 2 heteroatoms. The van der Waals surface area contributed by atoms with Gasteiger partial charge in [-0.2, -0.15) is 0 Å². The highest BCUT2D eigenvalue weighted by atomic mass is 16.3. The lowest BCUT2D eigenvalue weighted by atomic mass is 10.0. The smallest absolute Gasteiger partial charge is 0.121 e. The topological polar surface area (TPSA) is 37.3 Å². The summed E-state index contributed by atoms with van der Waals surface area (Å²) in [6.07, 6.45) is 0. The summed E-state index contributed by atoms with van der Waals surface area (Å²) in [5.74, 6) is 0.447. The highest BCUT2D eigenvalue weighted by Crippen LogP contribution is 2.26. The largest absolute Gasteiger partial charge is 0.507 e. The van der Waals surface area contributed by atoms with E-state index in [1.165, 1.54) is 0 Å². The van der Waals surface area contributed by atoms with Gasteiger partial charge in [0.1, 0.15) is 12.5 Å². The summed E-state index contributed by atoms with van der Waals surface area (Å²) in [6, 6.07) is 2.10. The second-order valence-corrected chi connectivity index (χ2v) is 3.11. The van der Waals surface area contributed by atoms with E-state index in [0.29, 0.717) is 5.75 Å². The van der Waals surface area contributed by atoms with Crippen LogP contribution in [0.5, 0.6) is 5.75 Å². The molecule has 1 rings (SSSR count). The second-order valence-electron chi connectivity index (χ2n) is 3.11. The molecule has 0 heterocycles.